The van der Waals surface area contributed by atoms with Gasteiger partial charge in [-0.05, 0) is 55.9 Å². The van der Waals surface area contributed by atoms with Crippen molar-refractivity contribution in [1.82, 2.24) is 5.32 Å². The van der Waals surface area contributed by atoms with E-state index in [-0.39, 0.29) is 6.04 Å². The highest BCUT2D eigenvalue weighted by Gasteiger charge is 2.61. The Bertz CT molecular complexity index is 550. The van der Waals surface area contributed by atoms with Gasteiger partial charge in [0.1, 0.15) is 5.75 Å². The number of phenolic OH excluding ortho intramolecular Hbond substituents is 1. The van der Waals surface area contributed by atoms with Gasteiger partial charge in [0.05, 0.1) is 0 Å². The second-order valence-corrected chi connectivity index (χ2v) is 8.11. The molecule has 4 unspecified atom stereocenters. The highest BCUT2D eigenvalue weighted by molar-refractivity contribution is 5.38. The van der Waals surface area contributed by atoms with Gasteiger partial charge in [-0.25, -0.2) is 0 Å². The molecule has 0 heterocycles. The maximum Gasteiger partial charge on any atom is 0.120 e. The minimum absolute atomic E-state index is 0.196. The maximum absolute atomic E-state index is 10.1. The van der Waals surface area contributed by atoms with Crippen LogP contribution in [0.1, 0.15) is 64.1 Å². The van der Waals surface area contributed by atoms with Gasteiger partial charge in [0.25, 0.3) is 0 Å². The number of benzene rings is 1. The van der Waals surface area contributed by atoms with E-state index >= 15 is 0 Å². The first-order valence-electron chi connectivity index (χ1n) is 8.31. The lowest BCUT2D eigenvalue weighted by molar-refractivity contribution is 0.116. The third kappa shape index (κ3) is 2.11. The molecule has 2 nitrogen and oxygen atoms in total. The molecule has 0 aromatic heterocycles. The highest BCUT2D eigenvalue weighted by Crippen LogP contribution is 2.65. The topological polar surface area (TPSA) is 32.3 Å². The summed E-state index contributed by atoms with van der Waals surface area (Å²) in [6, 6.07) is 6.64. The molecular formula is C19H29NO. The number of hydrogen-bond acceptors (Lipinski definition) is 2. The van der Waals surface area contributed by atoms with Gasteiger partial charge in [-0.1, -0.05) is 38.5 Å². The predicted octanol–water partition coefficient (Wildman–Crippen LogP) is 4.57. The minimum Gasteiger partial charge on any atom is -0.508 e. The Balaban J connectivity index is 1.80. The molecule has 2 N–H and O–H groups in total. The van der Waals surface area contributed by atoms with Crippen LogP contribution in [-0.2, 0) is 0 Å². The number of phenols is 1. The Morgan fingerprint density at radius 3 is 2.57 bits per heavy atom. The van der Waals surface area contributed by atoms with Crippen LogP contribution in [-0.4, -0.2) is 11.1 Å². The lowest BCUT2D eigenvalue weighted by Gasteiger charge is -2.41. The van der Waals surface area contributed by atoms with Crippen LogP contribution in [0.3, 0.4) is 0 Å². The molecule has 116 valence electrons. The lowest BCUT2D eigenvalue weighted by atomic mass is 9.69. The summed E-state index contributed by atoms with van der Waals surface area (Å²) in [6.45, 7) is 11.6. The van der Waals surface area contributed by atoms with Gasteiger partial charge in [-0.3, -0.25) is 0 Å². The standard InChI is InChI=1S/C19H29NO/c1-12-6-7-16(21)15(10-12)13(2)20-17-11-14-8-9-19(17,5)18(14,3)4/h6-7,10,13-14,17,20-21H,8-9,11H2,1-5H3. The van der Waals surface area contributed by atoms with E-state index in [2.05, 4.69) is 46.0 Å². The molecule has 2 saturated carbocycles. The number of aryl methyl sites for hydroxylation is 1. The van der Waals surface area contributed by atoms with Crippen molar-refractivity contribution >= 4 is 0 Å². The Labute approximate surface area is 129 Å². The van der Waals surface area contributed by atoms with Gasteiger partial charge < -0.3 is 10.4 Å². The Kier molecular flexibility index (Phi) is 3.36. The Morgan fingerprint density at radius 2 is 2.00 bits per heavy atom. The fraction of sp³-hybridized carbons (Fsp3) is 0.684. The van der Waals surface area contributed by atoms with E-state index < -0.39 is 0 Å². The first-order valence-corrected chi connectivity index (χ1v) is 8.31. The molecule has 3 rings (SSSR count). The lowest BCUT2D eigenvalue weighted by Crippen LogP contribution is -2.45. The molecule has 0 aliphatic heterocycles. The average molecular weight is 287 g/mol. The Hall–Kier alpha value is -1.02. The summed E-state index contributed by atoms with van der Waals surface area (Å²) in [4.78, 5) is 0. The number of aromatic hydroxyl groups is 1. The van der Waals surface area contributed by atoms with E-state index in [1.807, 2.05) is 12.1 Å². The van der Waals surface area contributed by atoms with Crippen LogP contribution in [0, 0.1) is 23.7 Å². The molecule has 0 radical (unpaired) electrons. The Morgan fingerprint density at radius 1 is 1.29 bits per heavy atom. The molecule has 2 fully saturated rings. The first-order chi connectivity index (χ1) is 9.75. The van der Waals surface area contributed by atoms with Crippen molar-refractivity contribution in [2.24, 2.45) is 16.7 Å². The zero-order chi connectivity index (χ0) is 15.4. The van der Waals surface area contributed by atoms with Crippen molar-refractivity contribution in [2.75, 3.05) is 0 Å². The van der Waals surface area contributed by atoms with Crippen LogP contribution in [0.25, 0.3) is 0 Å². The summed E-state index contributed by atoms with van der Waals surface area (Å²) in [5, 5.41) is 14.0. The van der Waals surface area contributed by atoms with E-state index in [4.69, 9.17) is 0 Å². The summed E-state index contributed by atoms with van der Waals surface area (Å²) >= 11 is 0. The van der Waals surface area contributed by atoms with Gasteiger partial charge in [0.15, 0.2) is 0 Å². The van der Waals surface area contributed by atoms with E-state index in [0.29, 0.717) is 22.6 Å². The normalized spacial score (nSPS) is 35.1. The van der Waals surface area contributed by atoms with Crippen LogP contribution in [0.2, 0.25) is 0 Å². The van der Waals surface area contributed by atoms with Crippen LogP contribution >= 0.6 is 0 Å². The van der Waals surface area contributed by atoms with Crippen molar-refractivity contribution < 1.29 is 5.11 Å². The average Bonchev–Trinajstić information content (AvgIpc) is 2.74. The van der Waals surface area contributed by atoms with Gasteiger partial charge in [0, 0.05) is 17.6 Å². The third-order valence-electron chi connectivity index (χ3n) is 6.89. The number of rotatable bonds is 3. The zero-order valence-electron chi connectivity index (χ0n) is 14.0. The molecule has 0 spiro atoms. The number of hydrogen-bond donors (Lipinski definition) is 2. The van der Waals surface area contributed by atoms with Crippen LogP contribution in [0.4, 0.5) is 0 Å². The summed E-state index contributed by atoms with van der Waals surface area (Å²) < 4.78 is 0. The molecule has 4 atom stereocenters. The molecule has 2 bridgehead atoms. The second-order valence-electron chi connectivity index (χ2n) is 8.11. The van der Waals surface area contributed by atoms with E-state index in [1.165, 1.54) is 24.8 Å². The van der Waals surface area contributed by atoms with Crippen molar-refractivity contribution in [3.63, 3.8) is 0 Å². The summed E-state index contributed by atoms with van der Waals surface area (Å²) in [7, 11) is 0. The van der Waals surface area contributed by atoms with Gasteiger partial charge in [0.2, 0.25) is 0 Å². The smallest absolute Gasteiger partial charge is 0.120 e. The van der Waals surface area contributed by atoms with Crippen LogP contribution in [0.5, 0.6) is 5.75 Å². The molecule has 0 saturated heterocycles. The van der Waals surface area contributed by atoms with Crippen molar-refractivity contribution in [3.05, 3.63) is 29.3 Å². The monoisotopic (exact) mass is 287 g/mol. The van der Waals surface area contributed by atoms with Gasteiger partial charge >= 0.3 is 0 Å². The SMILES string of the molecule is Cc1ccc(O)c(C(C)NC2CC3CCC2(C)C3(C)C)c1. The molecule has 2 aliphatic rings. The van der Waals surface area contributed by atoms with Crippen molar-refractivity contribution in [1.29, 1.82) is 0 Å². The second kappa shape index (κ2) is 4.74. The fourth-order valence-electron chi connectivity index (χ4n) is 4.87. The maximum atomic E-state index is 10.1. The van der Waals surface area contributed by atoms with E-state index in [9.17, 15) is 5.11 Å². The fourth-order valence-corrected chi connectivity index (χ4v) is 4.87. The summed E-state index contributed by atoms with van der Waals surface area (Å²) in [5.74, 6) is 1.26. The summed E-state index contributed by atoms with van der Waals surface area (Å²) in [5.41, 5.74) is 3.04. The highest BCUT2D eigenvalue weighted by atomic mass is 16.3. The number of fused-ring (bicyclic) bond motifs is 2. The van der Waals surface area contributed by atoms with Crippen LogP contribution in [0.15, 0.2) is 18.2 Å². The molecule has 2 heteroatoms. The molecule has 21 heavy (non-hydrogen) atoms. The van der Waals surface area contributed by atoms with E-state index in [1.54, 1.807) is 0 Å². The molecule has 0 amide bonds. The predicted molar refractivity (Wildman–Crippen MR) is 87.4 cm³/mol. The number of nitrogens with one attached hydrogen (secondary N) is 1. The molecule has 2 aliphatic carbocycles. The van der Waals surface area contributed by atoms with Gasteiger partial charge in [-0.15, -0.1) is 0 Å². The first kappa shape index (κ1) is 14.9. The van der Waals surface area contributed by atoms with Gasteiger partial charge in [-0.2, -0.15) is 0 Å². The summed E-state index contributed by atoms with van der Waals surface area (Å²) in [6.07, 6.45) is 3.99. The largest absolute Gasteiger partial charge is 0.508 e. The minimum atomic E-state index is 0.196. The van der Waals surface area contributed by atoms with Crippen LogP contribution < -0.4 is 5.32 Å². The molecular weight excluding hydrogens is 258 g/mol. The zero-order valence-corrected chi connectivity index (χ0v) is 14.0. The van der Waals surface area contributed by atoms with Crippen molar-refractivity contribution in [2.45, 2.75) is 66.0 Å². The van der Waals surface area contributed by atoms with Crippen molar-refractivity contribution in [3.8, 4) is 5.75 Å². The molecule has 1 aromatic rings. The quantitative estimate of drug-likeness (QED) is 0.853. The third-order valence-corrected chi connectivity index (χ3v) is 6.89. The molecule has 1 aromatic carbocycles. The van der Waals surface area contributed by atoms with E-state index in [0.717, 1.165) is 11.5 Å².